The van der Waals surface area contributed by atoms with Crippen molar-refractivity contribution in [3.8, 4) is 16.3 Å². The quantitative estimate of drug-likeness (QED) is 0.647. The molecule has 0 unspecified atom stereocenters. The molecule has 0 bridgehead atoms. The van der Waals surface area contributed by atoms with E-state index in [2.05, 4.69) is 19.5 Å². The van der Waals surface area contributed by atoms with E-state index in [4.69, 9.17) is 0 Å². The molecule has 134 valence electrons. The number of amides is 1. The molecule has 0 atom stereocenters. The molecule has 2 heterocycles. The predicted molar refractivity (Wildman–Crippen MR) is 94.8 cm³/mol. The van der Waals surface area contributed by atoms with Crippen molar-refractivity contribution in [2.45, 2.75) is 6.42 Å². The van der Waals surface area contributed by atoms with Crippen molar-refractivity contribution >= 4 is 33.4 Å². The molecule has 0 radical (unpaired) electrons. The summed E-state index contributed by atoms with van der Waals surface area (Å²) in [4.78, 5) is 20.5. The number of aromatic nitrogens is 2. The fourth-order valence-electron chi connectivity index (χ4n) is 2.09. The molecule has 0 fully saturated rings. The second-order valence-electron chi connectivity index (χ2n) is 5.11. The summed E-state index contributed by atoms with van der Waals surface area (Å²) in [5.74, 6) is -0.481. The van der Waals surface area contributed by atoms with Crippen LogP contribution in [0.15, 0.2) is 54.2 Å². The van der Waals surface area contributed by atoms with E-state index in [9.17, 15) is 17.1 Å². The van der Waals surface area contributed by atoms with Gasteiger partial charge in [-0.3, -0.25) is 9.78 Å². The number of anilines is 1. The van der Waals surface area contributed by atoms with E-state index in [0.29, 0.717) is 11.4 Å². The molecule has 0 aliphatic heterocycles. The number of halogens is 1. The van der Waals surface area contributed by atoms with Crippen LogP contribution in [-0.2, 0) is 21.7 Å². The number of nitrogens with one attached hydrogen (secondary N) is 1. The molecule has 0 spiro atoms. The van der Waals surface area contributed by atoms with Crippen LogP contribution in [0.4, 0.5) is 9.57 Å². The van der Waals surface area contributed by atoms with Gasteiger partial charge in [-0.15, -0.1) is 11.3 Å². The lowest BCUT2D eigenvalue weighted by Gasteiger charge is -2.05. The molecule has 3 rings (SSSR count). The van der Waals surface area contributed by atoms with Gasteiger partial charge in [0.05, 0.1) is 12.1 Å². The first kappa shape index (κ1) is 18.0. The lowest BCUT2D eigenvalue weighted by molar-refractivity contribution is -0.115. The minimum Gasteiger partial charge on any atom is -0.358 e. The average molecular weight is 393 g/mol. The number of hydrogen-bond acceptors (Lipinski definition) is 7. The molecule has 1 aromatic carbocycles. The van der Waals surface area contributed by atoms with Crippen LogP contribution in [-0.4, -0.2) is 24.3 Å². The summed E-state index contributed by atoms with van der Waals surface area (Å²) in [7, 11) is -5.07. The van der Waals surface area contributed by atoms with Crippen molar-refractivity contribution in [1.29, 1.82) is 0 Å². The van der Waals surface area contributed by atoms with Gasteiger partial charge >= 0.3 is 10.5 Å². The van der Waals surface area contributed by atoms with Crippen LogP contribution in [0, 0.1) is 0 Å². The number of thiazole rings is 1. The van der Waals surface area contributed by atoms with Gasteiger partial charge in [0.2, 0.25) is 5.91 Å². The third kappa shape index (κ3) is 5.07. The zero-order chi connectivity index (χ0) is 18.6. The summed E-state index contributed by atoms with van der Waals surface area (Å²) in [6.45, 7) is 0. The minimum absolute atomic E-state index is 0.0773. The number of carbonyl (C=O) groups is 1. The fourth-order valence-corrected chi connectivity index (χ4v) is 3.24. The van der Waals surface area contributed by atoms with Crippen LogP contribution in [0.3, 0.4) is 0 Å². The Morgan fingerprint density at radius 3 is 2.65 bits per heavy atom. The molecule has 1 N–H and O–H groups in total. The van der Waals surface area contributed by atoms with E-state index in [0.717, 1.165) is 10.6 Å². The first-order chi connectivity index (χ1) is 12.4. The van der Waals surface area contributed by atoms with Crippen molar-refractivity contribution in [2.75, 3.05) is 5.32 Å². The second-order valence-corrected chi connectivity index (χ2v) is 6.92. The average Bonchev–Trinajstić information content (AvgIpc) is 3.04. The monoisotopic (exact) mass is 393 g/mol. The molecular formula is C16H12FN3O4S2. The summed E-state index contributed by atoms with van der Waals surface area (Å²) in [5.41, 5.74) is 1.92. The van der Waals surface area contributed by atoms with Gasteiger partial charge in [0.15, 0.2) is 0 Å². The summed E-state index contributed by atoms with van der Waals surface area (Å²) in [6.07, 6.45) is 3.45. The zero-order valence-electron chi connectivity index (χ0n) is 13.1. The maximum absolute atomic E-state index is 12.4. The van der Waals surface area contributed by atoms with Gasteiger partial charge < -0.3 is 9.50 Å². The number of benzene rings is 1. The van der Waals surface area contributed by atoms with Gasteiger partial charge in [0.1, 0.15) is 10.8 Å². The van der Waals surface area contributed by atoms with E-state index >= 15 is 0 Å². The largest absolute Gasteiger partial charge is 0.488 e. The van der Waals surface area contributed by atoms with Crippen LogP contribution >= 0.6 is 11.3 Å². The number of carbonyl (C=O) groups excluding carboxylic acids is 1. The predicted octanol–water partition coefficient (Wildman–Crippen LogP) is 2.98. The van der Waals surface area contributed by atoms with Gasteiger partial charge in [-0.2, -0.15) is 8.42 Å². The van der Waals surface area contributed by atoms with Crippen LogP contribution in [0.25, 0.3) is 10.6 Å². The normalized spacial score (nSPS) is 11.1. The fraction of sp³-hybridized carbons (Fsp3) is 0.0625. The molecule has 0 aliphatic carbocycles. The van der Waals surface area contributed by atoms with E-state index in [1.165, 1.54) is 35.6 Å². The van der Waals surface area contributed by atoms with Crippen LogP contribution in [0.5, 0.6) is 5.75 Å². The highest BCUT2D eigenvalue weighted by Crippen LogP contribution is 2.23. The molecular weight excluding hydrogens is 381 g/mol. The summed E-state index contributed by atoms with van der Waals surface area (Å²) in [5, 5.41) is 5.21. The summed E-state index contributed by atoms with van der Waals surface area (Å²) >= 11 is 1.42. The lowest BCUT2D eigenvalue weighted by atomic mass is 10.2. The van der Waals surface area contributed by atoms with Gasteiger partial charge in [0, 0.05) is 29.0 Å². The third-order valence-corrected chi connectivity index (χ3v) is 4.47. The van der Waals surface area contributed by atoms with Crippen molar-refractivity contribution in [3.63, 3.8) is 0 Å². The highest BCUT2D eigenvalue weighted by molar-refractivity contribution is 7.81. The molecule has 2 aromatic heterocycles. The SMILES string of the molecule is O=C(Cc1csc(-c2cccnc2)n1)Nc1ccc(OS(=O)(=O)F)cc1. The molecule has 0 aliphatic rings. The maximum Gasteiger partial charge on any atom is 0.488 e. The second kappa shape index (κ2) is 7.58. The van der Waals surface area contributed by atoms with Crippen LogP contribution < -0.4 is 9.50 Å². The first-order valence-corrected chi connectivity index (χ1v) is 9.47. The van der Waals surface area contributed by atoms with Crippen molar-refractivity contribution in [2.24, 2.45) is 0 Å². The maximum atomic E-state index is 12.4. The summed E-state index contributed by atoms with van der Waals surface area (Å²) in [6, 6.07) is 8.97. The molecule has 1 amide bonds. The molecule has 7 nitrogen and oxygen atoms in total. The highest BCUT2D eigenvalue weighted by atomic mass is 32.3. The van der Waals surface area contributed by atoms with Gasteiger partial charge in [-0.1, -0.05) is 3.89 Å². The van der Waals surface area contributed by atoms with E-state index in [1.807, 2.05) is 12.1 Å². The molecule has 0 saturated carbocycles. The van der Waals surface area contributed by atoms with E-state index in [1.54, 1.807) is 17.8 Å². The number of nitrogens with zero attached hydrogens (tertiary/aromatic N) is 2. The highest BCUT2D eigenvalue weighted by Gasteiger charge is 2.11. The van der Waals surface area contributed by atoms with E-state index < -0.39 is 10.5 Å². The van der Waals surface area contributed by atoms with Crippen LogP contribution in [0.2, 0.25) is 0 Å². The van der Waals surface area contributed by atoms with Crippen LogP contribution in [0.1, 0.15) is 5.69 Å². The Morgan fingerprint density at radius 2 is 2.00 bits per heavy atom. The van der Waals surface area contributed by atoms with Gasteiger partial charge in [-0.05, 0) is 36.4 Å². The van der Waals surface area contributed by atoms with Gasteiger partial charge in [-0.25, -0.2) is 4.98 Å². The lowest BCUT2D eigenvalue weighted by Crippen LogP contribution is -2.14. The van der Waals surface area contributed by atoms with Crippen molar-refractivity contribution in [1.82, 2.24) is 9.97 Å². The molecule has 3 aromatic rings. The topological polar surface area (TPSA) is 98.2 Å². The Bertz CT molecular complexity index is 1010. The van der Waals surface area contributed by atoms with Gasteiger partial charge in [0.25, 0.3) is 0 Å². The van der Waals surface area contributed by atoms with E-state index in [-0.39, 0.29) is 18.1 Å². The summed E-state index contributed by atoms with van der Waals surface area (Å²) < 4.78 is 37.3. The Labute approximate surface area is 152 Å². The number of pyridine rings is 1. The number of hydrogen-bond donors (Lipinski definition) is 1. The van der Waals surface area contributed by atoms with Crippen molar-refractivity contribution < 1.29 is 21.3 Å². The Balaban J connectivity index is 1.60. The smallest absolute Gasteiger partial charge is 0.358 e. The zero-order valence-corrected chi connectivity index (χ0v) is 14.8. The molecule has 0 saturated heterocycles. The Kier molecular flexibility index (Phi) is 5.24. The first-order valence-electron chi connectivity index (χ1n) is 7.28. The third-order valence-electron chi connectivity index (χ3n) is 3.14. The molecule has 10 heteroatoms. The van der Waals surface area contributed by atoms with Crippen molar-refractivity contribution in [3.05, 3.63) is 59.9 Å². The molecule has 26 heavy (non-hydrogen) atoms. The standard InChI is InChI=1S/C16H12FN3O4S2/c17-26(22,23)24-14-5-3-12(4-6-14)19-15(21)8-13-10-25-16(20-13)11-2-1-7-18-9-11/h1-7,9-10H,8H2,(H,19,21). The number of rotatable bonds is 6. The Hall–Kier alpha value is -2.85. The Morgan fingerprint density at radius 1 is 1.23 bits per heavy atom. The minimum atomic E-state index is -5.07.